The molecule has 0 bridgehead atoms. The molecule has 0 aliphatic heterocycles. The Bertz CT molecular complexity index is 731. The average molecular weight is 419 g/mol. The van der Waals surface area contributed by atoms with Gasteiger partial charge in [0, 0.05) is 25.2 Å². The number of carbonyl (C=O) groups excluding carboxylic acids is 3. The van der Waals surface area contributed by atoms with Gasteiger partial charge in [-0.15, -0.1) is 0 Å². The van der Waals surface area contributed by atoms with Crippen LogP contribution in [0.15, 0.2) is 0 Å². The molecule has 3 unspecified atom stereocenters. The number of ether oxygens (including phenoxy) is 2. The van der Waals surface area contributed by atoms with E-state index in [1.165, 1.54) is 26.7 Å². The van der Waals surface area contributed by atoms with Gasteiger partial charge in [0.2, 0.25) is 0 Å². The Morgan fingerprint density at radius 1 is 0.800 bits per heavy atom. The molecule has 0 aromatic heterocycles. The molecule has 5 nitrogen and oxygen atoms in total. The van der Waals surface area contributed by atoms with Gasteiger partial charge >= 0.3 is 11.9 Å². The summed E-state index contributed by atoms with van der Waals surface area (Å²) >= 11 is 0. The Hall–Kier alpha value is -1.39. The van der Waals surface area contributed by atoms with Crippen LogP contribution in [-0.2, 0) is 23.9 Å². The van der Waals surface area contributed by atoms with Crippen molar-refractivity contribution in [2.75, 3.05) is 0 Å². The topological polar surface area (TPSA) is 69.7 Å². The summed E-state index contributed by atoms with van der Waals surface area (Å²) < 4.78 is 11.6. The van der Waals surface area contributed by atoms with Crippen LogP contribution in [-0.4, -0.2) is 29.9 Å². The Kier molecular flexibility index (Phi) is 5.55. The Morgan fingerprint density at radius 3 is 2.13 bits per heavy atom. The molecule has 0 aromatic carbocycles. The molecule has 0 saturated heterocycles. The lowest BCUT2D eigenvalue weighted by Crippen LogP contribution is -2.59. The van der Waals surface area contributed by atoms with Crippen LogP contribution in [0.25, 0.3) is 0 Å². The zero-order valence-electron chi connectivity index (χ0n) is 19.2. The highest BCUT2D eigenvalue weighted by atomic mass is 16.5. The van der Waals surface area contributed by atoms with Crippen molar-refractivity contribution >= 4 is 17.7 Å². The number of Topliss-reactive ketones (excluding diaryl/α,β-unsaturated/α-hetero) is 1. The van der Waals surface area contributed by atoms with Gasteiger partial charge in [-0.25, -0.2) is 0 Å². The molecule has 0 N–H and O–H groups in total. The highest BCUT2D eigenvalue weighted by Crippen LogP contribution is 2.68. The van der Waals surface area contributed by atoms with E-state index >= 15 is 0 Å². The van der Waals surface area contributed by atoms with Crippen LogP contribution < -0.4 is 0 Å². The normalized spacial score (nSPS) is 47.4. The van der Waals surface area contributed by atoms with Crippen LogP contribution >= 0.6 is 0 Å². The fraction of sp³-hybridized carbons (Fsp3) is 0.880. The van der Waals surface area contributed by atoms with Crippen molar-refractivity contribution in [3.63, 3.8) is 0 Å². The van der Waals surface area contributed by atoms with E-state index in [0.29, 0.717) is 23.7 Å². The smallest absolute Gasteiger partial charge is 0.302 e. The fourth-order valence-electron chi connectivity index (χ4n) is 8.53. The summed E-state index contributed by atoms with van der Waals surface area (Å²) in [6, 6.07) is 0. The molecule has 0 aromatic rings. The minimum absolute atomic E-state index is 0.00182. The summed E-state index contributed by atoms with van der Waals surface area (Å²) in [5.74, 6) is 1.92. The molecular formula is C25H38O5. The highest BCUT2D eigenvalue weighted by Gasteiger charge is 2.65. The summed E-state index contributed by atoms with van der Waals surface area (Å²) in [5.41, 5.74) is -0.0512. The van der Waals surface area contributed by atoms with Crippen molar-refractivity contribution in [1.82, 2.24) is 0 Å². The standard InChI is InChI=1S/C25H38O5/c1-14(26)20-8-9-21-19-7-6-17-12-18(29-15(2)27)10-11-24(17,4)22(19)13-23(25(20,21)5)30-16(3)28/h17-23H,6-13H2,1-5H3/t17?,18?,19-,20+,21-,22-,23?,24-,25+/m0/s1. The lowest BCUT2D eigenvalue weighted by atomic mass is 9.44. The predicted molar refractivity (Wildman–Crippen MR) is 112 cm³/mol. The van der Waals surface area contributed by atoms with Crippen molar-refractivity contribution in [2.24, 2.45) is 40.4 Å². The van der Waals surface area contributed by atoms with Crippen LogP contribution in [0.4, 0.5) is 0 Å². The van der Waals surface area contributed by atoms with E-state index in [1.54, 1.807) is 6.92 Å². The number of ketones is 1. The Labute approximate surface area is 180 Å². The van der Waals surface area contributed by atoms with Crippen LogP contribution in [0.3, 0.4) is 0 Å². The quantitative estimate of drug-likeness (QED) is 0.621. The minimum Gasteiger partial charge on any atom is -0.463 e. The van der Waals surface area contributed by atoms with Crippen molar-refractivity contribution in [3.05, 3.63) is 0 Å². The third kappa shape index (κ3) is 3.31. The summed E-state index contributed by atoms with van der Waals surface area (Å²) in [6.45, 7) is 9.37. The lowest BCUT2D eigenvalue weighted by Gasteiger charge is -2.62. The molecule has 4 aliphatic carbocycles. The first-order chi connectivity index (χ1) is 14.1. The van der Waals surface area contributed by atoms with Gasteiger partial charge in [0.15, 0.2) is 0 Å². The Balaban J connectivity index is 1.64. The van der Waals surface area contributed by atoms with Gasteiger partial charge in [-0.05, 0) is 87.4 Å². The van der Waals surface area contributed by atoms with E-state index in [1.807, 2.05) is 0 Å². The highest BCUT2D eigenvalue weighted by molar-refractivity contribution is 5.80. The number of hydrogen-bond donors (Lipinski definition) is 0. The van der Waals surface area contributed by atoms with E-state index in [9.17, 15) is 14.4 Å². The van der Waals surface area contributed by atoms with Gasteiger partial charge in [-0.1, -0.05) is 13.8 Å². The molecule has 4 rings (SSSR count). The van der Waals surface area contributed by atoms with Crippen molar-refractivity contribution in [1.29, 1.82) is 0 Å². The third-order valence-electron chi connectivity index (χ3n) is 9.82. The maximum absolute atomic E-state index is 12.5. The van der Waals surface area contributed by atoms with Crippen LogP contribution in [0, 0.1) is 40.4 Å². The van der Waals surface area contributed by atoms with Crippen LogP contribution in [0.5, 0.6) is 0 Å². The molecule has 4 saturated carbocycles. The molecule has 0 spiro atoms. The molecule has 4 aliphatic rings. The molecule has 9 atom stereocenters. The first-order valence-corrected chi connectivity index (χ1v) is 11.9. The second-order valence-corrected chi connectivity index (χ2v) is 11.1. The maximum atomic E-state index is 12.5. The molecule has 5 heteroatoms. The zero-order valence-corrected chi connectivity index (χ0v) is 19.2. The minimum atomic E-state index is -0.239. The van der Waals surface area contributed by atoms with Gasteiger partial charge in [0.05, 0.1) is 0 Å². The van der Waals surface area contributed by atoms with Crippen molar-refractivity contribution < 1.29 is 23.9 Å². The maximum Gasteiger partial charge on any atom is 0.302 e. The SMILES string of the molecule is CC(=O)OC1CC[C@@]2(C)C(CC[C@H]3[C@@H]4CC[C@H](C(C)=O)[C@@]4(C)C(OC(C)=O)C[C@@H]32)C1. The first kappa shape index (κ1) is 21.8. The second-order valence-electron chi connectivity index (χ2n) is 11.1. The number of carbonyl (C=O) groups is 3. The second kappa shape index (κ2) is 7.63. The molecule has 30 heavy (non-hydrogen) atoms. The molecule has 0 amide bonds. The zero-order chi connectivity index (χ0) is 21.8. The predicted octanol–water partition coefficient (Wildman–Crippen LogP) is 4.71. The number of rotatable bonds is 3. The monoisotopic (exact) mass is 418 g/mol. The van der Waals surface area contributed by atoms with Crippen molar-refractivity contribution in [3.8, 4) is 0 Å². The number of fused-ring (bicyclic) bond motifs is 5. The van der Waals surface area contributed by atoms with Gasteiger partial charge in [0.1, 0.15) is 18.0 Å². The third-order valence-corrected chi connectivity index (χ3v) is 9.82. The van der Waals surface area contributed by atoms with E-state index < -0.39 is 0 Å². The molecule has 0 radical (unpaired) electrons. The van der Waals surface area contributed by atoms with E-state index in [-0.39, 0.29) is 46.7 Å². The average Bonchev–Trinajstić information content (AvgIpc) is 3.01. The van der Waals surface area contributed by atoms with Gasteiger partial charge < -0.3 is 9.47 Å². The van der Waals surface area contributed by atoms with E-state index in [2.05, 4.69) is 13.8 Å². The Morgan fingerprint density at radius 2 is 1.50 bits per heavy atom. The lowest BCUT2D eigenvalue weighted by molar-refractivity contribution is -0.195. The summed E-state index contributed by atoms with van der Waals surface area (Å²) in [5, 5.41) is 0. The van der Waals surface area contributed by atoms with E-state index in [4.69, 9.17) is 9.47 Å². The van der Waals surface area contributed by atoms with Crippen LogP contribution in [0.1, 0.15) is 86.0 Å². The molecule has 4 fully saturated rings. The van der Waals surface area contributed by atoms with E-state index in [0.717, 1.165) is 38.5 Å². The van der Waals surface area contributed by atoms with Crippen LogP contribution in [0.2, 0.25) is 0 Å². The number of hydrogen-bond acceptors (Lipinski definition) is 5. The van der Waals surface area contributed by atoms with Gasteiger partial charge in [-0.3, -0.25) is 14.4 Å². The first-order valence-electron chi connectivity index (χ1n) is 11.9. The summed E-state index contributed by atoms with van der Waals surface area (Å²) in [6.07, 6.45) is 8.00. The summed E-state index contributed by atoms with van der Waals surface area (Å²) in [4.78, 5) is 36.0. The van der Waals surface area contributed by atoms with Crippen molar-refractivity contribution in [2.45, 2.75) is 98.2 Å². The summed E-state index contributed by atoms with van der Waals surface area (Å²) in [7, 11) is 0. The fourth-order valence-corrected chi connectivity index (χ4v) is 8.53. The molecule has 168 valence electrons. The van der Waals surface area contributed by atoms with Gasteiger partial charge in [0.25, 0.3) is 0 Å². The number of esters is 2. The molecule has 0 heterocycles. The van der Waals surface area contributed by atoms with Gasteiger partial charge in [-0.2, -0.15) is 0 Å². The molecular weight excluding hydrogens is 380 g/mol. The largest absolute Gasteiger partial charge is 0.463 e.